The Bertz CT molecular complexity index is 351. The molecule has 3 heteroatoms. The molecule has 1 aliphatic rings. The van der Waals surface area contributed by atoms with E-state index in [-0.39, 0.29) is 11.4 Å². The van der Waals surface area contributed by atoms with Gasteiger partial charge in [-0.3, -0.25) is 4.79 Å². The third-order valence-electron chi connectivity index (χ3n) is 2.66. The molecule has 0 unspecified atom stereocenters. The molecule has 2 rings (SSSR count). The number of rotatable bonds is 2. The molecule has 1 heterocycles. The van der Waals surface area contributed by atoms with Gasteiger partial charge in [-0.05, 0) is 12.5 Å². The van der Waals surface area contributed by atoms with E-state index >= 15 is 0 Å². The number of likely N-dealkylation sites (tertiary alicyclic amines) is 1. The van der Waals surface area contributed by atoms with Gasteiger partial charge in [-0.15, -0.1) is 0 Å². The van der Waals surface area contributed by atoms with E-state index in [2.05, 4.69) is 0 Å². The Morgan fingerprint density at radius 3 is 2.53 bits per heavy atom. The lowest BCUT2D eigenvalue weighted by molar-refractivity contribution is -0.137. The van der Waals surface area contributed by atoms with Crippen LogP contribution in [-0.2, 0) is 11.2 Å². The highest BCUT2D eigenvalue weighted by molar-refractivity contribution is 5.79. The molecule has 2 N–H and O–H groups in total. The predicted octanol–water partition coefficient (Wildman–Crippen LogP) is 0.789. The second-order valence-corrected chi connectivity index (χ2v) is 4.57. The highest BCUT2D eigenvalue weighted by Crippen LogP contribution is 2.18. The van der Waals surface area contributed by atoms with Crippen molar-refractivity contribution in [2.75, 3.05) is 13.1 Å². The van der Waals surface area contributed by atoms with Crippen LogP contribution in [0.2, 0.25) is 0 Å². The van der Waals surface area contributed by atoms with Gasteiger partial charge in [-0.25, -0.2) is 0 Å². The van der Waals surface area contributed by atoms with Gasteiger partial charge >= 0.3 is 0 Å². The van der Waals surface area contributed by atoms with Crippen LogP contribution in [0.25, 0.3) is 0 Å². The van der Waals surface area contributed by atoms with Gasteiger partial charge in [-0.1, -0.05) is 30.3 Å². The Hall–Kier alpha value is -1.35. The van der Waals surface area contributed by atoms with Crippen LogP contribution in [0.3, 0.4) is 0 Å². The predicted molar refractivity (Wildman–Crippen MR) is 59.3 cm³/mol. The average Bonchev–Trinajstić information content (AvgIpc) is 2.15. The summed E-state index contributed by atoms with van der Waals surface area (Å²) in [4.78, 5) is 13.6. The normalized spacial score (nSPS) is 18.4. The Morgan fingerprint density at radius 1 is 1.40 bits per heavy atom. The van der Waals surface area contributed by atoms with Crippen LogP contribution in [0.15, 0.2) is 30.3 Å². The fourth-order valence-electron chi connectivity index (χ4n) is 1.88. The van der Waals surface area contributed by atoms with Crippen molar-refractivity contribution in [3.05, 3.63) is 35.9 Å². The van der Waals surface area contributed by atoms with Crippen molar-refractivity contribution in [2.24, 2.45) is 5.73 Å². The molecule has 1 saturated heterocycles. The highest BCUT2D eigenvalue weighted by Gasteiger charge is 2.37. The van der Waals surface area contributed by atoms with E-state index in [9.17, 15) is 4.79 Å². The van der Waals surface area contributed by atoms with Gasteiger partial charge in [0.15, 0.2) is 0 Å². The highest BCUT2D eigenvalue weighted by atomic mass is 16.2. The fourth-order valence-corrected chi connectivity index (χ4v) is 1.88. The van der Waals surface area contributed by atoms with Gasteiger partial charge in [0.05, 0.1) is 6.42 Å². The Morgan fingerprint density at radius 2 is 2.00 bits per heavy atom. The maximum absolute atomic E-state index is 11.8. The van der Waals surface area contributed by atoms with Gasteiger partial charge in [0.25, 0.3) is 0 Å². The summed E-state index contributed by atoms with van der Waals surface area (Å²) in [6.45, 7) is 3.33. The smallest absolute Gasteiger partial charge is 0.227 e. The first-order valence-electron chi connectivity index (χ1n) is 5.17. The molecule has 0 spiro atoms. The van der Waals surface area contributed by atoms with E-state index < -0.39 is 0 Å². The van der Waals surface area contributed by atoms with Crippen molar-refractivity contribution in [2.45, 2.75) is 18.9 Å². The van der Waals surface area contributed by atoms with E-state index in [1.807, 2.05) is 42.2 Å². The minimum Gasteiger partial charge on any atom is -0.339 e. The summed E-state index contributed by atoms with van der Waals surface area (Å²) < 4.78 is 0. The van der Waals surface area contributed by atoms with Crippen molar-refractivity contribution in [1.29, 1.82) is 0 Å². The first-order valence-corrected chi connectivity index (χ1v) is 5.17. The fraction of sp³-hybridized carbons (Fsp3) is 0.417. The summed E-state index contributed by atoms with van der Waals surface area (Å²) in [6, 6.07) is 9.80. The summed E-state index contributed by atoms with van der Waals surface area (Å²) in [5.41, 5.74) is 6.74. The van der Waals surface area contributed by atoms with Gasteiger partial charge < -0.3 is 10.6 Å². The van der Waals surface area contributed by atoms with Crippen LogP contribution in [-0.4, -0.2) is 29.4 Å². The molecule has 0 atom stereocenters. The summed E-state index contributed by atoms with van der Waals surface area (Å²) in [6.07, 6.45) is 0.483. The molecule has 0 aliphatic carbocycles. The van der Waals surface area contributed by atoms with Gasteiger partial charge in [0.2, 0.25) is 5.91 Å². The number of amides is 1. The third kappa shape index (κ3) is 2.36. The number of nitrogens with zero attached hydrogens (tertiary/aromatic N) is 1. The van der Waals surface area contributed by atoms with Gasteiger partial charge in [-0.2, -0.15) is 0 Å². The largest absolute Gasteiger partial charge is 0.339 e. The van der Waals surface area contributed by atoms with Crippen molar-refractivity contribution in [3.63, 3.8) is 0 Å². The molecule has 1 fully saturated rings. The van der Waals surface area contributed by atoms with Crippen molar-refractivity contribution in [1.82, 2.24) is 4.90 Å². The van der Waals surface area contributed by atoms with E-state index in [4.69, 9.17) is 5.73 Å². The molecule has 0 aromatic heterocycles. The molecule has 3 nitrogen and oxygen atoms in total. The zero-order chi connectivity index (χ0) is 10.9. The molecule has 0 radical (unpaired) electrons. The van der Waals surface area contributed by atoms with Gasteiger partial charge in [0.1, 0.15) is 0 Å². The van der Waals surface area contributed by atoms with E-state index in [1.54, 1.807) is 0 Å². The van der Waals surface area contributed by atoms with E-state index in [0.29, 0.717) is 19.5 Å². The molecule has 80 valence electrons. The molecular formula is C12H16N2O. The number of nitrogens with two attached hydrogens (primary N) is 1. The summed E-state index contributed by atoms with van der Waals surface area (Å²) in [5.74, 6) is 0.170. The van der Waals surface area contributed by atoms with E-state index in [1.165, 1.54) is 0 Å². The first kappa shape index (κ1) is 10.2. The summed E-state index contributed by atoms with van der Waals surface area (Å²) in [5, 5.41) is 0. The van der Waals surface area contributed by atoms with Gasteiger partial charge in [0, 0.05) is 18.6 Å². The molecule has 0 bridgehead atoms. The number of carbonyl (C=O) groups excluding carboxylic acids is 1. The monoisotopic (exact) mass is 204 g/mol. The molecular weight excluding hydrogens is 188 g/mol. The number of hydrogen-bond acceptors (Lipinski definition) is 2. The van der Waals surface area contributed by atoms with Crippen LogP contribution in [0.4, 0.5) is 0 Å². The van der Waals surface area contributed by atoms with Crippen LogP contribution >= 0.6 is 0 Å². The standard InChI is InChI=1S/C12H16N2O/c1-12(13)8-14(9-12)11(15)7-10-5-3-2-4-6-10/h2-6H,7-9,13H2,1H3. The van der Waals surface area contributed by atoms with Crippen LogP contribution in [0.5, 0.6) is 0 Å². The van der Waals surface area contributed by atoms with Crippen molar-refractivity contribution >= 4 is 5.91 Å². The summed E-state index contributed by atoms with van der Waals surface area (Å²) >= 11 is 0. The zero-order valence-corrected chi connectivity index (χ0v) is 8.94. The third-order valence-corrected chi connectivity index (χ3v) is 2.66. The molecule has 1 aliphatic heterocycles. The molecule has 1 amide bonds. The molecule has 1 aromatic rings. The average molecular weight is 204 g/mol. The van der Waals surface area contributed by atoms with E-state index in [0.717, 1.165) is 5.56 Å². The lowest BCUT2D eigenvalue weighted by atomic mass is 9.93. The minimum absolute atomic E-state index is 0.170. The van der Waals surface area contributed by atoms with Crippen LogP contribution in [0.1, 0.15) is 12.5 Å². The number of benzene rings is 1. The lowest BCUT2D eigenvalue weighted by Crippen LogP contribution is -2.67. The van der Waals surface area contributed by atoms with Crippen molar-refractivity contribution < 1.29 is 4.79 Å². The summed E-state index contributed by atoms with van der Waals surface area (Å²) in [7, 11) is 0. The first-order chi connectivity index (χ1) is 7.07. The Kier molecular flexibility index (Phi) is 2.49. The topological polar surface area (TPSA) is 46.3 Å². The second kappa shape index (κ2) is 3.66. The Labute approximate surface area is 89.9 Å². The maximum Gasteiger partial charge on any atom is 0.227 e. The Balaban J connectivity index is 1.89. The van der Waals surface area contributed by atoms with Crippen LogP contribution in [0, 0.1) is 0 Å². The lowest BCUT2D eigenvalue weighted by Gasteiger charge is -2.45. The number of carbonyl (C=O) groups is 1. The zero-order valence-electron chi connectivity index (χ0n) is 8.94. The molecule has 1 aromatic carbocycles. The minimum atomic E-state index is -0.174. The quantitative estimate of drug-likeness (QED) is 0.774. The van der Waals surface area contributed by atoms with Crippen molar-refractivity contribution in [3.8, 4) is 0 Å². The number of hydrogen-bond donors (Lipinski definition) is 1. The van der Waals surface area contributed by atoms with Crippen LogP contribution < -0.4 is 5.73 Å². The second-order valence-electron chi connectivity index (χ2n) is 4.57. The maximum atomic E-state index is 11.8. The molecule has 15 heavy (non-hydrogen) atoms. The molecule has 0 saturated carbocycles. The SMILES string of the molecule is CC1(N)CN(C(=O)Cc2ccccc2)C1.